The summed E-state index contributed by atoms with van der Waals surface area (Å²) in [7, 11) is 0. The Hall–Kier alpha value is -3.03. The molecule has 2 aromatic heterocycles. The van der Waals surface area contributed by atoms with E-state index in [1.54, 1.807) is 12.2 Å². The van der Waals surface area contributed by atoms with E-state index in [0.717, 1.165) is 12.8 Å². The van der Waals surface area contributed by atoms with Crippen molar-refractivity contribution in [3.05, 3.63) is 46.2 Å². The fourth-order valence-corrected chi connectivity index (χ4v) is 2.64. The largest absolute Gasteiger partial charge is 0.433 e. The summed E-state index contributed by atoms with van der Waals surface area (Å²) in [5, 5.41) is 13.4. The molecule has 0 aliphatic carbocycles. The molecular weight excluding hydrogens is 360 g/mol. The number of hydrogen-bond donors (Lipinski definition) is 1. The molecule has 0 saturated heterocycles. The first kappa shape index (κ1) is 21.3. The van der Waals surface area contributed by atoms with E-state index in [0.29, 0.717) is 23.7 Å². The molecule has 0 atom stereocenters. The van der Waals surface area contributed by atoms with Crippen LogP contribution in [0, 0.1) is 10.1 Å². The van der Waals surface area contributed by atoms with E-state index in [1.807, 2.05) is 0 Å². The second-order valence-corrected chi connectivity index (χ2v) is 6.52. The number of amides is 1. The van der Waals surface area contributed by atoms with Gasteiger partial charge < -0.3 is 9.73 Å². The van der Waals surface area contributed by atoms with Crippen molar-refractivity contribution in [3.8, 4) is 0 Å². The summed E-state index contributed by atoms with van der Waals surface area (Å²) in [6.07, 6.45) is 14.8. The third kappa shape index (κ3) is 7.69. The lowest BCUT2D eigenvalue weighted by molar-refractivity contribution is -0.402. The van der Waals surface area contributed by atoms with Crippen molar-refractivity contribution in [3.63, 3.8) is 0 Å². The number of aromatic nitrogens is 2. The van der Waals surface area contributed by atoms with Gasteiger partial charge in [-0.15, -0.1) is 0 Å². The van der Waals surface area contributed by atoms with Gasteiger partial charge in [-0.3, -0.25) is 14.9 Å². The third-order valence-corrected chi connectivity index (χ3v) is 4.15. The number of rotatable bonds is 12. The molecule has 0 fully saturated rings. The zero-order valence-electron chi connectivity index (χ0n) is 16.1. The Morgan fingerprint density at radius 3 is 2.43 bits per heavy atom. The summed E-state index contributed by atoms with van der Waals surface area (Å²) in [5.74, 6) is 0.384. The quantitative estimate of drug-likeness (QED) is 0.304. The first-order valence-electron chi connectivity index (χ1n) is 9.62. The SMILES string of the molecule is CCCCCCCCCC(=O)Nc1cnc(C=Cc2ccc([N+](=O)[O-])o2)nc1. The summed E-state index contributed by atoms with van der Waals surface area (Å²) in [4.78, 5) is 30.2. The van der Waals surface area contributed by atoms with E-state index in [9.17, 15) is 14.9 Å². The number of carbonyl (C=O) groups is 1. The predicted octanol–water partition coefficient (Wildman–Crippen LogP) is 5.23. The first-order chi connectivity index (χ1) is 13.6. The van der Waals surface area contributed by atoms with E-state index in [1.165, 1.54) is 56.6 Å². The fourth-order valence-electron chi connectivity index (χ4n) is 2.64. The molecule has 8 heteroatoms. The molecular formula is C20H26N4O4. The molecule has 0 aromatic carbocycles. The van der Waals surface area contributed by atoms with Gasteiger partial charge in [0.1, 0.15) is 10.7 Å². The molecule has 0 spiro atoms. The summed E-state index contributed by atoms with van der Waals surface area (Å²) in [5.41, 5.74) is 0.540. The maximum atomic E-state index is 12.0. The summed E-state index contributed by atoms with van der Waals surface area (Å²) in [6, 6.07) is 2.78. The first-order valence-corrected chi connectivity index (χ1v) is 9.62. The third-order valence-electron chi connectivity index (χ3n) is 4.15. The zero-order valence-corrected chi connectivity index (χ0v) is 16.1. The highest BCUT2D eigenvalue weighted by atomic mass is 16.6. The van der Waals surface area contributed by atoms with E-state index in [4.69, 9.17) is 4.42 Å². The van der Waals surface area contributed by atoms with Gasteiger partial charge in [0.15, 0.2) is 5.82 Å². The lowest BCUT2D eigenvalue weighted by Crippen LogP contribution is -2.11. The van der Waals surface area contributed by atoms with Gasteiger partial charge in [0, 0.05) is 6.42 Å². The Labute approximate surface area is 164 Å². The minimum absolute atomic E-state index is 0.0386. The number of furan rings is 1. The highest BCUT2D eigenvalue weighted by molar-refractivity contribution is 5.90. The molecule has 1 amide bonds. The van der Waals surface area contributed by atoms with Crippen LogP contribution in [0.25, 0.3) is 12.2 Å². The normalized spacial score (nSPS) is 11.0. The van der Waals surface area contributed by atoms with Crippen molar-refractivity contribution in [1.29, 1.82) is 0 Å². The van der Waals surface area contributed by atoms with Crippen LogP contribution in [0.4, 0.5) is 11.6 Å². The zero-order chi connectivity index (χ0) is 20.2. The number of unbranched alkanes of at least 4 members (excludes halogenated alkanes) is 6. The lowest BCUT2D eigenvalue weighted by atomic mass is 10.1. The minimum Gasteiger partial charge on any atom is -0.401 e. The van der Waals surface area contributed by atoms with Crippen molar-refractivity contribution in [2.75, 3.05) is 5.32 Å². The van der Waals surface area contributed by atoms with Crippen LogP contribution in [0.2, 0.25) is 0 Å². The molecule has 8 nitrogen and oxygen atoms in total. The number of nitrogens with one attached hydrogen (secondary N) is 1. The highest BCUT2D eigenvalue weighted by Crippen LogP contribution is 2.17. The Bertz CT molecular complexity index is 784. The molecule has 0 saturated carbocycles. The van der Waals surface area contributed by atoms with Crippen LogP contribution < -0.4 is 5.32 Å². The molecule has 2 rings (SSSR count). The molecule has 0 aliphatic heterocycles. The predicted molar refractivity (Wildman–Crippen MR) is 108 cm³/mol. The lowest BCUT2D eigenvalue weighted by Gasteiger charge is -2.05. The standard InChI is InChI=1S/C20H26N4O4/c1-2-3-4-5-6-7-8-9-19(25)23-16-14-21-18(22-15-16)12-10-17-11-13-20(28-17)24(26)27/h10-15H,2-9H2,1H3,(H,23,25). The second-order valence-electron chi connectivity index (χ2n) is 6.52. The van der Waals surface area contributed by atoms with Crippen molar-refractivity contribution in [2.24, 2.45) is 0 Å². The van der Waals surface area contributed by atoms with Gasteiger partial charge in [0.25, 0.3) is 0 Å². The summed E-state index contributed by atoms with van der Waals surface area (Å²) < 4.78 is 5.02. The van der Waals surface area contributed by atoms with Crippen LogP contribution in [0.1, 0.15) is 69.9 Å². The van der Waals surface area contributed by atoms with Crippen LogP contribution >= 0.6 is 0 Å². The van der Waals surface area contributed by atoms with Gasteiger partial charge in [0.2, 0.25) is 5.91 Å². The van der Waals surface area contributed by atoms with E-state index < -0.39 is 4.92 Å². The van der Waals surface area contributed by atoms with Crippen molar-refractivity contribution < 1.29 is 14.1 Å². The smallest absolute Gasteiger partial charge is 0.401 e. The highest BCUT2D eigenvalue weighted by Gasteiger charge is 2.10. The Morgan fingerprint density at radius 1 is 1.11 bits per heavy atom. The number of nitro groups is 1. The van der Waals surface area contributed by atoms with Crippen LogP contribution in [-0.4, -0.2) is 20.8 Å². The van der Waals surface area contributed by atoms with Crippen LogP contribution in [0.3, 0.4) is 0 Å². The van der Waals surface area contributed by atoms with Gasteiger partial charge in [-0.05, 0) is 24.6 Å². The van der Waals surface area contributed by atoms with Gasteiger partial charge >= 0.3 is 5.88 Å². The van der Waals surface area contributed by atoms with Gasteiger partial charge in [-0.2, -0.15) is 0 Å². The summed E-state index contributed by atoms with van der Waals surface area (Å²) in [6.45, 7) is 2.20. The molecule has 0 unspecified atom stereocenters. The Morgan fingerprint density at radius 2 is 1.79 bits per heavy atom. The minimum atomic E-state index is -0.599. The maximum absolute atomic E-state index is 12.0. The van der Waals surface area contributed by atoms with Crippen molar-refractivity contribution in [1.82, 2.24) is 9.97 Å². The Kier molecular flexibility index (Phi) is 8.84. The van der Waals surface area contributed by atoms with Crippen LogP contribution in [0.5, 0.6) is 0 Å². The monoisotopic (exact) mass is 386 g/mol. The van der Waals surface area contributed by atoms with Crippen LogP contribution in [-0.2, 0) is 4.79 Å². The van der Waals surface area contributed by atoms with Gasteiger partial charge in [-0.1, -0.05) is 45.4 Å². The van der Waals surface area contributed by atoms with E-state index in [2.05, 4.69) is 22.2 Å². The Balaban J connectivity index is 1.72. The fraction of sp³-hybridized carbons (Fsp3) is 0.450. The summed E-state index contributed by atoms with van der Waals surface area (Å²) >= 11 is 0. The van der Waals surface area contributed by atoms with Crippen molar-refractivity contribution >= 4 is 29.6 Å². The molecule has 2 aromatic rings. The number of nitrogens with zero attached hydrogens (tertiary/aromatic N) is 3. The van der Waals surface area contributed by atoms with E-state index >= 15 is 0 Å². The average Bonchev–Trinajstić information content (AvgIpc) is 3.16. The number of carbonyl (C=O) groups excluding carboxylic acids is 1. The molecule has 0 aliphatic rings. The average molecular weight is 386 g/mol. The number of hydrogen-bond acceptors (Lipinski definition) is 6. The molecule has 0 radical (unpaired) electrons. The topological polar surface area (TPSA) is 111 Å². The molecule has 28 heavy (non-hydrogen) atoms. The van der Waals surface area contributed by atoms with E-state index in [-0.39, 0.29) is 11.8 Å². The molecule has 2 heterocycles. The maximum Gasteiger partial charge on any atom is 0.433 e. The number of anilines is 1. The van der Waals surface area contributed by atoms with Gasteiger partial charge in [0.05, 0.1) is 24.1 Å². The second kappa shape index (κ2) is 11.6. The van der Waals surface area contributed by atoms with Crippen LogP contribution in [0.15, 0.2) is 28.9 Å². The molecule has 1 N–H and O–H groups in total. The van der Waals surface area contributed by atoms with Gasteiger partial charge in [-0.25, -0.2) is 9.97 Å². The molecule has 0 bridgehead atoms. The molecule has 150 valence electrons. The van der Waals surface area contributed by atoms with Crippen molar-refractivity contribution in [2.45, 2.75) is 58.3 Å².